The van der Waals surface area contributed by atoms with E-state index < -0.39 is 0 Å². The Bertz CT molecular complexity index is 582. The van der Waals surface area contributed by atoms with Gasteiger partial charge in [0.05, 0.1) is 7.11 Å². The molecule has 0 unspecified atom stereocenters. The Labute approximate surface area is 136 Å². The quantitative estimate of drug-likeness (QED) is 0.644. The van der Waals surface area contributed by atoms with Crippen LogP contribution >= 0.6 is 39.1 Å². The molecule has 0 heterocycles. The number of alkyl halides is 1. The Morgan fingerprint density at radius 2 is 1.80 bits per heavy atom. The van der Waals surface area contributed by atoms with Gasteiger partial charge in [-0.15, -0.1) is 0 Å². The fraction of sp³-hybridized carbons (Fsp3) is 0.200. The predicted molar refractivity (Wildman–Crippen MR) is 86.4 cm³/mol. The largest absolute Gasteiger partial charge is 0.497 e. The number of hydrogen-bond acceptors (Lipinski definition) is 2. The number of benzene rings is 2. The van der Waals surface area contributed by atoms with E-state index in [-0.39, 0.29) is 0 Å². The van der Waals surface area contributed by atoms with E-state index in [0.29, 0.717) is 22.0 Å². The summed E-state index contributed by atoms with van der Waals surface area (Å²) in [6, 6.07) is 11.1. The van der Waals surface area contributed by atoms with Crippen LogP contribution in [0.15, 0.2) is 36.4 Å². The highest BCUT2D eigenvalue weighted by Crippen LogP contribution is 2.29. The van der Waals surface area contributed by atoms with Gasteiger partial charge in [-0.25, -0.2) is 0 Å². The minimum absolute atomic E-state index is 0.324. The molecular weight excluding hydrogens is 363 g/mol. The number of ether oxygens (including phenoxy) is 2. The van der Waals surface area contributed by atoms with Gasteiger partial charge < -0.3 is 9.47 Å². The highest BCUT2D eigenvalue weighted by atomic mass is 79.9. The van der Waals surface area contributed by atoms with Crippen LogP contribution in [-0.4, -0.2) is 7.11 Å². The Kier molecular flexibility index (Phi) is 5.58. The van der Waals surface area contributed by atoms with Crippen molar-refractivity contribution >= 4 is 39.1 Å². The molecule has 2 rings (SSSR count). The summed E-state index contributed by atoms with van der Waals surface area (Å²) in [4.78, 5) is 0. The molecule has 0 aromatic heterocycles. The third-order valence-electron chi connectivity index (χ3n) is 2.85. The van der Waals surface area contributed by atoms with E-state index in [1.54, 1.807) is 19.2 Å². The summed E-state index contributed by atoms with van der Waals surface area (Å²) in [5, 5.41) is 1.88. The van der Waals surface area contributed by atoms with Gasteiger partial charge in [0.2, 0.25) is 0 Å². The first kappa shape index (κ1) is 15.5. The zero-order valence-corrected chi connectivity index (χ0v) is 13.9. The van der Waals surface area contributed by atoms with Crippen LogP contribution in [0.2, 0.25) is 10.0 Å². The molecule has 0 radical (unpaired) electrons. The Morgan fingerprint density at radius 3 is 2.40 bits per heavy atom. The SMILES string of the molecule is COc1ccc(OCc2c(Cl)cccc2Cl)c(CBr)c1. The minimum Gasteiger partial charge on any atom is -0.497 e. The van der Waals surface area contributed by atoms with Gasteiger partial charge in [0.15, 0.2) is 0 Å². The smallest absolute Gasteiger partial charge is 0.124 e. The summed E-state index contributed by atoms with van der Waals surface area (Å²) in [7, 11) is 1.64. The van der Waals surface area contributed by atoms with Gasteiger partial charge in [-0.3, -0.25) is 0 Å². The molecule has 2 aromatic carbocycles. The first-order valence-corrected chi connectivity index (χ1v) is 7.82. The lowest BCUT2D eigenvalue weighted by molar-refractivity contribution is 0.303. The van der Waals surface area contributed by atoms with Crippen LogP contribution in [0.5, 0.6) is 11.5 Å². The molecule has 106 valence electrons. The molecule has 0 aliphatic rings. The molecule has 2 aromatic rings. The van der Waals surface area contributed by atoms with Crippen LogP contribution in [0.1, 0.15) is 11.1 Å². The molecule has 0 saturated carbocycles. The monoisotopic (exact) mass is 374 g/mol. The standard InChI is InChI=1S/C15H13BrCl2O2/c1-19-11-5-6-15(10(7-11)8-16)20-9-12-13(17)3-2-4-14(12)18/h2-7H,8-9H2,1H3. The van der Waals surface area contributed by atoms with Crippen molar-refractivity contribution < 1.29 is 9.47 Å². The van der Waals surface area contributed by atoms with Gasteiger partial charge in [-0.2, -0.15) is 0 Å². The van der Waals surface area contributed by atoms with Gasteiger partial charge in [0, 0.05) is 26.5 Å². The average Bonchev–Trinajstić information content (AvgIpc) is 2.46. The normalized spacial score (nSPS) is 10.4. The first-order chi connectivity index (χ1) is 9.65. The zero-order chi connectivity index (χ0) is 14.5. The van der Waals surface area contributed by atoms with Crippen molar-refractivity contribution in [2.24, 2.45) is 0 Å². The first-order valence-electron chi connectivity index (χ1n) is 5.94. The van der Waals surface area contributed by atoms with Gasteiger partial charge in [-0.1, -0.05) is 45.2 Å². The van der Waals surface area contributed by atoms with Gasteiger partial charge in [0.25, 0.3) is 0 Å². The number of halogens is 3. The molecule has 0 fully saturated rings. The molecular formula is C15H13BrCl2O2. The van der Waals surface area contributed by atoms with E-state index in [9.17, 15) is 0 Å². The Balaban J connectivity index is 2.19. The fourth-order valence-electron chi connectivity index (χ4n) is 1.75. The molecule has 0 atom stereocenters. The maximum absolute atomic E-state index is 6.12. The molecule has 0 bridgehead atoms. The Hall–Kier alpha value is -0.900. The molecule has 0 saturated heterocycles. The molecule has 20 heavy (non-hydrogen) atoms. The second kappa shape index (κ2) is 7.21. The van der Waals surface area contributed by atoms with Gasteiger partial charge in [0.1, 0.15) is 18.1 Å². The van der Waals surface area contributed by atoms with E-state index >= 15 is 0 Å². The minimum atomic E-state index is 0.324. The zero-order valence-electron chi connectivity index (χ0n) is 10.8. The van der Waals surface area contributed by atoms with Crippen molar-refractivity contribution in [3.05, 3.63) is 57.6 Å². The average molecular weight is 376 g/mol. The van der Waals surface area contributed by atoms with Crippen LogP contribution in [0.25, 0.3) is 0 Å². The van der Waals surface area contributed by atoms with Crippen molar-refractivity contribution in [3.63, 3.8) is 0 Å². The molecule has 0 amide bonds. The summed E-state index contributed by atoms with van der Waals surface area (Å²) in [5.74, 6) is 1.57. The van der Waals surface area contributed by atoms with E-state index in [4.69, 9.17) is 32.7 Å². The Morgan fingerprint density at radius 1 is 1.10 bits per heavy atom. The summed E-state index contributed by atoms with van der Waals surface area (Å²) in [5.41, 5.74) is 1.79. The highest BCUT2D eigenvalue weighted by molar-refractivity contribution is 9.08. The van der Waals surface area contributed by atoms with E-state index in [1.807, 2.05) is 24.3 Å². The van der Waals surface area contributed by atoms with Crippen LogP contribution in [0, 0.1) is 0 Å². The predicted octanol–water partition coefficient (Wildman–Crippen LogP) is 5.48. The summed E-state index contributed by atoms with van der Waals surface area (Å²) < 4.78 is 11.0. The van der Waals surface area contributed by atoms with E-state index in [1.165, 1.54) is 0 Å². The third kappa shape index (κ3) is 3.60. The van der Waals surface area contributed by atoms with Crippen LogP contribution < -0.4 is 9.47 Å². The molecule has 0 aliphatic heterocycles. The van der Waals surface area contributed by atoms with Crippen LogP contribution in [-0.2, 0) is 11.9 Å². The number of rotatable bonds is 5. The third-order valence-corrected chi connectivity index (χ3v) is 4.16. The summed E-state index contributed by atoms with van der Waals surface area (Å²) in [6.45, 7) is 0.324. The van der Waals surface area contributed by atoms with Crippen molar-refractivity contribution in [1.29, 1.82) is 0 Å². The van der Waals surface area contributed by atoms with Crippen LogP contribution in [0.4, 0.5) is 0 Å². The molecule has 0 spiro atoms. The van der Waals surface area contributed by atoms with Crippen molar-refractivity contribution in [2.45, 2.75) is 11.9 Å². The van der Waals surface area contributed by atoms with Gasteiger partial charge in [-0.05, 0) is 30.3 Å². The van der Waals surface area contributed by atoms with Crippen molar-refractivity contribution in [1.82, 2.24) is 0 Å². The highest BCUT2D eigenvalue weighted by Gasteiger charge is 2.09. The molecule has 0 aliphatic carbocycles. The maximum atomic E-state index is 6.12. The lowest BCUT2D eigenvalue weighted by Crippen LogP contribution is -2.00. The molecule has 0 N–H and O–H groups in total. The second-order valence-corrected chi connectivity index (χ2v) is 5.47. The number of methoxy groups -OCH3 is 1. The lowest BCUT2D eigenvalue weighted by atomic mass is 10.2. The van der Waals surface area contributed by atoms with Crippen molar-refractivity contribution in [2.75, 3.05) is 7.11 Å². The lowest BCUT2D eigenvalue weighted by Gasteiger charge is -2.13. The maximum Gasteiger partial charge on any atom is 0.124 e. The fourth-order valence-corrected chi connectivity index (χ4v) is 2.69. The summed E-state index contributed by atoms with van der Waals surface area (Å²) >= 11 is 15.7. The van der Waals surface area contributed by atoms with Crippen LogP contribution in [0.3, 0.4) is 0 Å². The number of hydrogen-bond donors (Lipinski definition) is 0. The van der Waals surface area contributed by atoms with Crippen molar-refractivity contribution in [3.8, 4) is 11.5 Å². The second-order valence-electron chi connectivity index (χ2n) is 4.10. The summed E-state index contributed by atoms with van der Waals surface area (Å²) in [6.07, 6.45) is 0. The van der Waals surface area contributed by atoms with E-state index in [0.717, 1.165) is 22.6 Å². The topological polar surface area (TPSA) is 18.5 Å². The van der Waals surface area contributed by atoms with E-state index in [2.05, 4.69) is 15.9 Å². The van der Waals surface area contributed by atoms with Gasteiger partial charge >= 0.3 is 0 Å². The molecule has 2 nitrogen and oxygen atoms in total. The molecule has 5 heteroatoms.